The summed E-state index contributed by atoms with van der Waals surface area (Å²) >= 11 is 0. The van der Waals surface area contributed by atoms with Crippen LogP contribution in [-0.2, 0) is 27.6 Å². The van der Waals surface area contributed by atoms with Crippen molar-refractivity contribution in [2.24, 2.45) is 0 Å². The van der Waals surface area contributed by atoms with E-state index in [0.717, 1.165) is 24.8 Å². The number of hydrogen-bond acceptors (Lipinski definition) is 4. The summed E-state index contributed by atoms with van der Waals surface area (Å²) in [5, 5.41) is 0. The Morgan fingerprint density at radius 3 is 2.58 bits per heavy atom. The summed E-state index contributed by atoms with van der Waals surface area (Å²) in [5.74, 6) is -0.550. The SMILES string of the molecule is COC(=O)c1cc(S(=O)(=O)N[C@@H](C)c2ccc3c(c2)CCC3)ccc1C. The number of benzene rings is 2. The minimum Gasteiger partial charge on any atom is -0.465 e. The summed E-state index contributed by atoms with van der Waals surface area (Å²) in [4.78, 5) is 11.9. The van der Waals surface area contributed by atoms with Crippen molar-refractivity contribution in [2.45, 2.75) is 44.0 Å². The van der Waals surface area contributed by atoms with Gasteiger partial charge in [0, 0.05) is 6.04 Å². The maximum Gasteiger partial charge on any atom is 0.338 e. The van der Waals surface area contributed by atoms with Crippen molar-refractivity contribution in [3.63, 3.8) is 0 Å². The fourth-order valence-electron chi connectivity index (χ4n) is 3.33. The van der Waals surface area contributed by atoms with Crippen LogP contribution >= 0.6 is 0 Å². The number of sulfonamides is 1. The third-order valence-electron chi connectivity index (χ3n) is 4.88. The molecule has 0 unspecified atom stereocenters. The first-order valence-electron chi connectivity index (χ1n) is 8.65. The van der Waals surface area contributed by atoms with Gasteiger partial charge < -0.3 is 4.74 Å². The number of carbonyl (C=O) groups excluding carboxylic acids is 1. The van der Waals surface area contributed by atoms with Crippen molar-refractivity contribution < 1.29 is 17.9 Å². The molecule has 1 aliphatic rings. The van der Waals surface area contributed by atoms with Crippen molar-refractivity contribution in [1.29, 1.82) is 0 Å². The summed E-state index contributed by atoms with van der Waals surface area (Å²) in [6.07, 6.45) is 3.29. The number of ether oxygens (including phenoxy) is 1. The average molecular weight is 373 g/mol. The Morgan fingerprint density at radius 2 is 1.85 bits per heavy atom. The number of fused-ring (bicyclic) bond motifs is 1. The molecule has 0 heterocycles. The molecule has 0 fully saturated rings. The lowest BCUT2D eigenvalue weighted by Crippen LogP contribution is -2.27. The zero-order valence-electron chi connectivity index (χ0n) is 15.2. The van der Waals surface area contributed by atoms with Gasteiger partial charge in [0.1, 0.15) is 0 Å². The first kappa shape index (κ1) is 18.6. The lowest BCUT2D eigenvalue weighted by molar-refractivity contribution is 0.0599. The predicted molar refractivity (Wildman–Crippen MR) is 99.7 cm³/mol. The highest BCUT2D eigenvalue weighted by Crippen LogP contribution is 2.26. The van der Waals surface area contributed by atoms with Crippen LogP contribution in [0.5, 0.6) is 0 Å². The largest absolute Gasteiger partial charge is 0.465 e. The molecule has 5 nitrogen and oxygen atoms in total. The van der Waals surface area contributed by atoms with Crippen LogP contribution in [0.4, 0.5) is 0 Å². The first-order chi connectivity index (χ1) is 12.3. The Balaban J connectivity index is 1.85. The predicted octanol–water partition coefficient (Wildman–Crippen LogP) is 3.31. The molecule has 0 aliphatic heterocycles. The molecule has 2 aromatic rings. The topological polar surface area (TPSA) is 72.5 Å². The van der Waals surface area contributed by atoms with Crippen molar-refractivity contribution >= 4 is 16.0 Å². The van der Waals surface area contributed by atoms with Gasteiger partial charge >= 0.3 is 5.97 Å². The van der Waals surface area contributed by atoms with E-state index < -0.39 is 16.0 Å². The third kappa shape index (κ3) is 3.66. The van der Waals surface area contributed by atoms with Gasteiger partial charge in [-0.25, -0.2) is 17.9 Å². The highest BCUT2D eigenvalue weighted by Gasteiger charge is 2.22. The minimum atomic E-state index is -3.76. The maximum absolute atomic E-state index is 12.8. The highest BCUT2D eigenvalue weighted by atomic mass is 32.2. The van der Waals surface area contributed by atoms with Gasteiger partial charge in [-0.3, -0.25) is 0 Å². The molecule has 0 bridgehead atoms. The zero-order chi connectivity index (χ0) is 18.9. The summed E-state index contributed by atoms with van der Waals surface area (Å²) in [7, 11) is -2.49. The molecule has 3 rings (SSSR count). The molecular weight excluding hydrogens is 350 g/mol. The van der Waals surface area contributed by atoms with E-state index in [9.17, 15) is 13.2 Å². The van der Waals surface area contributed by atoms with Crippen LogP contribution in [0, 0.1) is 6.92 Å². The van der Waals surface area contributed by atoms with Gasteiger partial charge in [0.15, 0.2) is 0 Å². The smallest absolute Gasteiger partial charge is 0.338 e. The van der Waals surface area contributed by atoms with Crippen LogP contribution in [-0.4, -0.2) is 21.5 Å². The molecule has 26 heavy (non-hydrogen) atoms. The second kappa shape index (κ2) is 7.21. The molecule has 0 saturated heterocycles. The Hall–Kier alpha value is -2.18. The van der Waals surface area contributed by atoms with Crippen LogP contribution in [0.2, 0.25) is 0 Å². The maximum atomic E-state index is 12.8. The summed E-state index contributed by atoms with van der Waals surface area (Å²) in [5.41, 5.74) is 4.51. The van der Waals surface area contributed by atoms with Crippen molar-refractivity contribution in [3.05, 3.63) is 64.2 Å². The average Bonchev–Trinajstić information content (AvgIpc) is 3.08. The van der Waals surface area contributed by atoms with E-state index in [2.05, 4.69) is 16.9 Å². The number of hydrogen-bond donors (Lipinski definition) is 1. The number of methoxy groups -OCH3 is 1. The number of esters is 1. The van der Waals surface area contributed by atoms with E-state index in [-0.39, 0.29) is 16.5 Å². The number of aryl methyl sites for hydroxylation is 3. The molecular formula is C20H23NO4S. The summed E-state index contributed by atoms with van der Waals surface area (Å²) in [6.45, 7) is 3.56. The molecule has 0 spiro atoms. The minimum absolute atomic E-state index is 0.0523. The molecule has 138 valence electrons. The Morgan fingerprint density at radius 1 is 1.12 bits per heavy atom. The van der Waals surface area contributed by atoms with Crippen molar-refractivity contribution in [1.82, 2.24) is 4.72 Å². The fourth-order valence-corrected chi connectivity index (χ4v) is 4.59. The molecule has 1 N–H and O–H groups in total. The molecule has 0 saturated carbocycles. The molecule has 6 heteroatoms. The highest BCUT2D eigenvalue weighted by molar-refractivity contribution is 7.89. The van der Waals surface area contributed by atoms with Gasteiger partial charge in [0.25, 0.3) is 0 Å². The number of nitrogens with one attached hydrogen (secondary N) is 1. The standard InChI is InChI=1S/C20H23NO4S/c1-13-7-10-18(12-19(13)20(22)25-3)26(23,24)21-14(2)16-9-8-15-5-4-6-17(15)11-16/h7-12,14,21H,4-6H2,1-3H3/t14-/m0/s1. The molecule has 0 aromatic heterocycles. The molecule has 2 aromatic carbocycles. The zero-order valence-corrected chi connectivity index (χ0v) is 16.0. The first-order valence-corrected chi connectivity index (χ1v) is 10.1. The Labute approximate surface area is 154 Å². The van der Waals surface area contributed by atoms with Crippen LogP contribution in [0.15, 0.2) is 41.3 Å². The molecule has 0 amide bonds. The molecule has 1 atom stereocenters. The summed E-state index contributed by atoms with van der Waals surface area (Å²) in [6, 6.07) is 10.3. The van der Waals surface area contributed by atoms with Crippen molar-refractivity contribution in [2.75, 3.05) is 7.11 Å². The quantitative estimate of drug-likeness (QED) is 0.816. The Kier molecular flexibility index (Phi) is 5.16. The van der Waals surface area contributed by atoms with Gasteiger partial charge in [-0.15, -0.1) is 0 Å². The van der Waals surface area contributed by atoms with E-state index in [1.165, 1.54) is 30.4 Å². The van der Waals surface area contributed by atoms with Gasteiger partial charge in [-0.2, -0.15) is 0 Å². The third-order valence-corrected chi connectivity index (χ3v) is 6.42. The van der Waals surface area contributed by atoms with Crippen LogP contribution in [0.25, 0.3) is 0 Å². The summed E-state index contributed by atoms with van der Waals surface area (Å²) < 4.78 is 32.9. The number of carbonyl (C=O) groups is 1. The van der Waals surface area contributed by atoms with E-state index in [0.29, 0.717) is 5.56 Å². The van der Waals surface area contributed by atoms with Crippen molar-refractivity contribution in [3.8, 4) is 0 Å². The molecule has 1 aliphatic carbocycles. The van der Waals surface area contributed by atoms with Crippen LogP contribution < -0.4 is 4.72 Å². The Bertz CT molecular complexity index is 950. The van der Waals surface area contributed by atoms with Gasteiger partial charge in [-0.05, 0) is 67.5 Å². The van der Waals surface area contributed by atoms with Crippen LogP contribution in [0.3, 0.4) is 0 Å². The monoisotopic (exact) mass is 373 g/mol. The van der Waals surface area contributed by atoms with E-state index in [4.69, 9.17) is 4.74 Å². The van der Waals surface area contributed by atoms with Crippen LogP contribution in [0.1, 0.15) is 52.0 Å². The van der Waals surface area contributed by atoms with Gasteiger partial charge in [0.05, 0.1) is 17.6 Å². The van der Waals surface area contributed by atoms with E-state index in [1.54, 1.807) is 13.0 Å². The lowest BCUT2D eigenvalue weighted by atomic mass is 10.0. The number of rotatable bonds is 5. The normalized spacial score (nSPS) is 14.7. The second-order valence-electron chi connectivity index (χ2n) is 6.69. The van der Waals surface area contributed by atoms with Gasteiger partial charge in [-0.1, -0.05) is 24.3 Å². The lowest BCUT2D eigenvalue weighted by Gasteiger charge is -2.16. The fraction of sp³-hybridized carbons (Fsp3) is 0.350. The molecule has 0 radical (unpaired) electrons. The second-order valence-corrected chi connectivity index (χ2v) is 8.41. The van der Waals surface area contributed by atoms with Gasteiger partial charge in [0.2, 0.25) is 10.0 Å². The van der Waals surface area contributed by atoms with E-state index in [1.807, 2.05) is 13.0 Å². The van der Waals surface area contributed by atoms with E-state index >= 15 is 0 Å².